The first-order chi connectivity index (χ1) is 9.01. The van der Waals surface area contributed by atoms with E-state index >= 15 is 0 Å². The van der Waals surface area contributed by atoms with Crippen LogP contribution in [-0.2, 0) is 9.59 Å². The van der Waals surface area contributed by atoms with Crippen LogP contribution < -0.4 is 5.32 Å². The Morgan fingerprint density at radius 2 is 1.85 bits per heavy atom. The zero-order chi connectivity index (χ0) is 15.3. The molecule has 2 heterocycles. The van der Waals surface area contributed by atoms with Gasteiger partial charge in [0, 0.05) is 31.6 Å². The largest absolute Gasteiger partial charge is 0.481 e. The van der Waals surface area contributed by atoms with Gasteiger partial charge in [0.2, 0.25) is 5.91 Å². The highest BCUT2D eigenvalue weighted by molar-refractivity contribution is 5.84. The fraction of sp³-hybridized carbons (Fsp3) is 0.833. The summed E-state index contributed by atoms with van der Waals surface area (Å²) in [4.78, 5) is 24.2. The van der Waals surface area contributed by atoms with Crippen molar-refractivity contribution in [3.8, 4) is 0 Å². The quantitative estimate of drug-likeness (QED) is 0.787. The lowest BCUT2D eigenvalue weighted by molar-refractivity contribution is -0.223. The van der Waals surface area contributed by atoms with Crippen LogP contribution >= 0.6 is 0 Å². The summed E-state index contributed by atoms with van der Waals surface area (Å²) in [5.41, 5.74) is -3.07. The normalized spacial score (nSPS) is 25.6. The van der Waals surface area contributed by atoms with Crippen molar-refractivity contribution < 1.29 is 27.9 Å². The van der Waals surface area contributed by atoms with Gasteiger partial charge < -0.3 is 15.3 Å². The summed E-state index contributed by atoms with van der Waals surface area (Å²) >= 11 is 0. The van der Waals surface area contributed by atoms with E-state index in [9.17, 15) is 22.8 Å². The smallest absolute Gasteiger partial charge is 0.402 e. The number of carbonyl (C=O) groups is 2. The number of nitrogens with zero attached hydrogens (tertiary/aromatic N) is 1. The molecule has 0 unspecified atom stereocenters. The van der Waals surface area contributed by atoms with Crippen molar-refractivity contribution in [3.63, 3.8) is 0 Å². The second kappa shape index (κ2) is 4.34. The summed E-state index contributed by atoms with van der Waals surface area (Å²) in [5.74, 6) is -2.62. The van der Waals surface area contributed by atoms with Crippen LogP contribution in [0.1, 0.15) is 13.8 Å². The first-order valence-corrected chi connectivity index (χ1v) is 6.31. The summed E-state index contributed by atoms with van der Waals surface area (Å²) < 4.78 is 38.5. The first kappa shape index (κ1) is 15.1. The van der Waals surface area contributed by atoms with Gasteiger partial charge in [0.15, 0.2) is 0 Å². The molecular weight excluding hydrogens is 277 g/mol. The summed E-state index contributed by atoms with van der Waals surface area (Å²) in [6, 6.07) is 0. The van der Waals surface area contributed by atoms with E-state index in [1.165, 1.54) is 0 Å². The monoisotopic (exact) mass is 294 g/mol. The van der Waals surface area contributed by atoms with Crippen LogP contribution in [0.4, 0.5) is 13.2 Å². The molecule has 0 aromatic carbocycles. The van der Waals surface area contributed by atoms with Crippen molar-refractivity contribution in [2.75, 3.05) is 26.2 Å². The van der Waals surface area contributed by atoms with Gasteiger partial charge in [0.1, 0.15) is 5.41 Å². The van der Waals surface area contributed by atoms with Gasteiger partial charge in [0.25, 0.3) is 0 Å². The SMILES string of the molecule is CC(C)(C(=O)N1CC2(CNC[C@H]2C(=O)O)C1)C(F)(F)F. The van der Waals surface area contributed by atoms with E-state index in [0.717, 1.165) is 18.7 Å². The number of carboxylic acids is 1. The standard InChI is InChI=1S/C12H17F3N2O3/c1-10(2,12(13,14)15)9(20)17-5-11(6-17)4-16-3-7(11)8(18)19/h7,16H,3-6H2,1-2H3,(H,18,19)/t7-/m0/s1. The van der Waals surface area contributed by atoms with Crippen LogP contribution in [0.25, 0.3) is 0 Å². The molecule has 0 saturated carbocycles. The Morgan fingerprint density at radius 3 is 2.30 bits per heavy atom. The molecule has 114 valence electrons. The minimum absolute atomic E-state index is 0.0648. The molecule has 0 bridgehead atoms. The number of hydrogen-bond acceptors (Lipinski definition) is 3. The molecule has 2 fully saturated rings. The molecule has 0 aromatic rings. The number of likely N-dealkylation sites (tertiary alicyclic amines) is 1. The van der Waals surface area contributed by atoms with Gasteiger partial charge in [-0.1, -0.05) is 0 Å². The summed E-state index contributed by atoms with van der Waals surface area (Å²) in [6.45, 7) is 2.54. The molecule has 2 saturated heterocycles. The maximum atomic E-state index is 12.8. The number of hydrogen-bond donors (Lipinski definition) is 2. The fourth-order valence-corrected chi connectivity index (χ4v) is 2.86. The van der Waals surface area contributed by atoms with Crippen LogP contribution in [0.3, 0.4) is 0 Å². The van der Waals surface area contributed by atoms with Crippen LogP contribution in [-0.4, -0.2) is 54.2 Å². The predicted octanol–water partition coefficient (Wildman–Crippen LogP) is 0.707. The van der Waals surface area contributed by atoms with E-state index in [1.54, 1.807) is 0 Å². The lowest BCUT2D eigenvalue weighted by atomic mass is 9.70. The maximum Gasteiger partial charge on any atom is 0.402 e. The van der Waals surface area contributed by atoms with Crippen molar-refractivity contribution in [2.45, 2.75) is 20.0 Å². The highest BCUT2D eigenvalue weighted by atomic mass is 19.4. The van der Waals surface area contributed by atoms with E-state index in [4.69, 9.17) is 5.11 Å². The third-order valence-corrected chi connectivity index (χ3v) is 4.40. The van der Waals surface area contributed by atoms with Crippen molar-refractivity contribution in [3.05, 3.63) is 0 Å². The molecule has 8 heteroatoms. The minimum atomic E-state index is -4.62. The van der Waals surface area contributed by atoms with Crippen molar-refractivity contribution in [1.29, 1.82) is 0 Å². The summed E-state index contributed by atoms with van der Waals surface area (Å²) in [5, 5.41) is 12.0. The van der Waals surface area contributed by atoms with Gasteiger partial charge in [-0.3, -0.25) is 9.59 Å². The highest BCUT2D eigenvalue weighted by Crippen LogP contribution is 2.45. The van der Waals surface area contributed by atoms with E-state index in [0.29, 0.717) is 13.1 Å². The molecule has 1 spiro atoms. The Kier molecular flexibility index (Phi) is 3.27. The first-order valence-electron chi connectivity index (χ1n) is 6.31. The molecule has 20 heavy (non-hydrogen) atoms. The molecule has 0 aliphatic carbocycles. The zero-order valence-corrected chi connectivity index (χ0v) is 11.3. The number of alkyl halides is 3. The molecule has 1 atom stereocenters. The predicted molar refractivity (Wildman–Crippen MR) is 62.8 cm³/mol. The highest BCUT2D eigenvalue weighted by Gasteiger charge is 2.61. The van der Waals surface area contributed by atoms with Gasteiger partial charge in [-0.25, -0.2) is 0 Å². The van der Waals surface area contributed by atoms with Crippen molar-refractivity contribution >= 4 is 11.9 Å². The number of amides is 1. The number of carbonyl (C=O) groups excluding carboxylic acids is 1. The van der Waals surface area contributed by atoms with Gasteiger partial charge in [-0.2, -0.15) is 13.2 Å². The van der Waals surface area contributed by atoms with Crippen LogP contribution in [0.2, 0.25) is 0 Å². The Morgan fingerprint density at radius 1 is 1.30 bits per heavy atom. The average Bonchev–Trinajstić information content (AvgIpc) is 2.68. The summed E-state index contributed by atoms with van der Waals surface area (Å²) in [6.07, 6.45) is -4.62. The zero-order valence-electron chi connectivity index (χ0n) is 11.3. The maximum absolute atomic E-state index is 12.8. The number of aliphatic carboxylic acids is 1. The van der Waals surface area contributed by atoms with Crippen LogP contribution in [0.15, 0.2) is 0 Å². The van der Waals surface area contributed by atoms with Gasteiger partial charge in [-0.05, 0) is 13.8 Å². The van der Waals surface area contributed by atoms with Crippen LogP contribution in [0.5, 0.6) is 0 Å². The Bertz CT molecular complexity index is 442. The molecule has 1 amide bonds. The number of halogens is 3. The molecule has 5 nitrogen and oxygen atoms in total. The number of rotatable bonds is 2. The molecule has 0 aromatic heterocycles. The molecule has 0 radical (unpaired) electrons. The van der Waals surface area contributed by atoms with E-state index in [-0.39, 0.29) is 13.1 Å². The van der Waals surface area contributed by atoms with E-state index in [1.807, 2.05) is 0 Å². The van der Waals surface area contributed by atoms with E-state index < -0.39 is 34.8 Å². The van der Waals surface area contributed by atoms with Gasteiger partial charge in [0.05, 0.1) is 5.92 Å². The topological polar surface area (TPSA) is 69.6 Å². The average molecular weight is 294 g/mol. The van der Waals surface area contributed by atoms with Crippen LogP contribution in [0, 0.1) is 16.7 Å². The second-order valence-electron chi connectivity index (χ2n) is 6.17. The second-order valence-corrected chi connectivity index (χ2v) is 6.17. The van der Waals surface area contributed by atoms with E-state index in [2.05, 4.69) is 5.32 Å². The Balaban J connectivity index is 2.07. The lowest BCUT2D eigenvalue weighted by Crippen LogP contribution is -2.66. The van der Waals surface area contributed by atoms with Gasteiger partial charge >= 0.3 is 12.1 Å². The third kappa shape index (κ3) is 2.06. The molecule has 2 N–H and O–H groups in total. The summed E-state index contributed by atoms with van der Waals surface area (Å²) in [7, 11) is 0. The Hall–Kier alpha value is -1.31. The van der Waals surface area contributed by atoms with Gasteiger partial charge in [-0.15, -0.1) is 0 Å². The fourth-order valence-electron chi connectivity index (χ4n) is 2.86. The molecule has 2 aliphatic heterocycles. The van der Waals surface area contributed by atoms with Crippen molar-refractivity contribution in [2.24, 2.45) is 16.7 Å². The molecular formula is C12H17F3N2O3. The number of carboxylic acid groups (broad SMARTS) is 1. The molecule has 2 rings (SSSR count). The Labute approximate surface area is 114 Å². The third-order valence-electron chi connectivity index (χ3n) is 4.40. The minimum Gasteiger partial charge on any atom is -0.481 e. The number of nitrogens with one attached hydrogen (secondary N) is 1. The lowest BCUT2D eigenvalue weighted by Gasteiger charge is -2.51. The molecule has 2 aliphatic rings. The van der Waals surface area contributed by atoms with Crippen molar-refractivity contribution in [1.82, 2.24) is 10.2 Å².